The molecule has 1 aliphatic heterocycles. The lowest BCUT2D eigenvalue weighted by Gasteiger charge is -2.37. The minimum atomic E-state index is -4.22. The van der Waals surface area contributed by atoms with Gasteiger partial charge in [0.1, 0.15) is 0 Å². The molecular formula is C13H21F3N2. The third-order valence-corrected chi connectivity index (χ3v) is 3.28. The predicted molar refractivity (Wildman–Crippen MR) is 67.5 cm³/mol. The molecular weight excluding hydrogens is 241 g/mol. The number of rotatable bonds is 5. The number of alkyl halides is 3. The highest BCUT2D eigenvalue weighted by Gasteiger charge is 2.23. The highest BCUT2D eigenvalue weighted by Crippen LogP contribution is 2.18. The molecule has 0 amide bonds. The SMILES string of the molecule is C=CC(C/C=C/C(F)(F)F)N1CCN(CC)CC1. The van der Waals surface area contributed by atoms with Gasteiger partial charge >= 0.3 is 6.18 Å². The molecule has 1 rings (SSSR count). The maximum Gasteiger partial charge on any atom is 0.409 e. The Morgan fingerprint density at radius 1 is 1.22 bits per heavy atom. The Labute approximate surface area is 107 Å². The molecule has 0 bridgehead atoms. The van der Waals surface area contributed by atoms with Crippen LogP contribution in [-0.2, 0) is 0 Å². The summed E-state index contributed by atoms with van der Waals surface area (Å²) in [5.74, 6) is 0. The number of allylic oxidation sites excluding steroid dienone is 1. The van der Waals surface area contributed by atoms with Crippen LogP contribution >= 0.6 is 0 Å². The second-order valence-electron chi connectivity index (χ2n) is 4.45. The van der Waals surface area contributed by atoms with Crippen LogP contribution in [0.15, 0.2) is 24.8 Å². The van der Waals surface area contributed by atoms with Gasteiger partial charge in [0.05, 0.1) is 0 Å². The summed E-state index contributed by atoms with van der Waals surface area (Å²) in [6.45, 7) is 10.6. The second kappa shape index (κ2) is 6.95. The summed E-state index contributed by atoms with van der Waals surface area (Å²) in [6, 6.07) is 0.00241. The average molecular weight is 262 g/mol. The summed E-state index contributed by atoms with van der Waals surface area (Å²) in [5.41, 5.74) is 0. The Bertz CT molecular complexity index is 278. The van der Waals surface area contributed by atoms with Gasteiger partial charge in [-0.1, -0.05) is 19.1 Å². The fourth-order valence-electron chi connectivity index (χ4n) is 2.15. The van der Waals surface area contributed by atoms with Crippen molar-refractivity contribution in [2.45, 2.75) is 25.6 Å². The zero-order valence-corrected chi connectivity index (χ0v) is 10.8. The first-order chi connectivity index (χ1) is 8.46. The van der Waals surface area contributed by atoms with Crippen molar-refractivity contribution in [3.05, 3.63) is 24.8 Å². The summed E-state index contributed by atoms with van der Waals surface area (Å²) >= 11 is 0. The number of likely N-dealkylation sites (N-methyl/N-ethyl adjacent to an activating group) is 1. The lowest BCUT2D eigenvalue weighted by atomic mass is 10.1. The van der Waals surface area contributed by atoms with E-state index in [0.717, 1.165) is 32.7 Å². The normalized spacial score (nSPS) is 21.3. The van der Waals surface area contributed by atoms with Crippen LogP contribution < -0.4 is 0 Å². The van der Waals surface area contributed by atoms with Crippen LogP contribution in [0.1, 0.15) is 13.3 Å². The summed E-state index contributed by atoms with van der Waals surface area (Å²) in [5, 5.41) is 0. The number of piperazine rings is 1. The Balaban J connectivity index is 2.42. The van der Waals surface area contributed by atoms with Crippen LogP contribution in [0, 0.1) is 0 Å². The van der Waals surface area contributed by atoms with Crippen LogP contribution in [0.5, 0.6) is 0 Å². The van der Waals surface area contributed by atoms with Gasteiger partial charge in [0, 0.05) is 38.3 Å². The van der Waals surface area contributed by atoms with Crippen LogP contribution in [0.4, 0.5) is 13.2 Å². The van der Waals surface area contributed by atoms with Gasteiger partial charge in [-0.05, 0) is 13.0 Å². The van der Waals surface area contributed by atoms with E-state index in [9.17, 15) is 13.2 Å². The van der Waals surface area contributed by atoms with Crippen molar-refractivity contribution >= 4 is 0 Å². The molecule has 1 fully saturated rings. The first-order valence-corrected chi connectivity index (χ1v) is 6.29. The van der Waals surface area contributed by atoms with Crippen molar-refractivity contribution in [3.8, 4) is 0 Å². The van der Waals surface area contributed by atoms with Crippen molar-refractivity contribution < 1.29 is 13.2 Å². The summed E-state index contributed by atoms with van der Waals surface area (Å²) in [6.07, 6.45) is -0.603. The summed E-state index contributed by atoms with van der Waals surface area (Å²) in [4.78, 5) is 4.53. The van der Waals surface area contributed by atoms with Crippen molar-refractivity contribution in [1.82, 2.24) is 9.80 Å². The molecule has 0 spiro atoms. The molecule has 104 valence electrons. The fourth-order valence-corrected chi connectivity index (χ4v) is 2.15. The number of hydrogen-bond donors (Lipinski definition) is 0. The Morgan fingerprint density at radius 2 is 1.83 bits per heavy atom. The molecule has 18 heavy (non-hydrogen) atoms. The highest BCUT2D eigenvalue weighted by atomic mass is 19.4. The molecule has 5 heteroatoms. The molecule has 1 aliphatic rings. The Hall–Kier alpha value is -0.810. The van der Waals surface area contributed by atoms with E-state index in [1.165, 1.54) is 6.08 Å². The average Bonchev–Trinajstić information content (AvgIpc) is 2.34. The maximum absolute atomic E-state index is 12.0. The van der Waals surface area contributed by atoms with Gasteiger partial charge < -0.3 is 4.90 Å². The van der Waals surface area contributed by atoms with Crippen molar-refractivity contribution in [3.63, 3.8) is 0 Å². The van der Waals surface area contributed by atoms with Crippen LogP contribution in [0.2, 0.25) is 0 Å². The van der Waals surface area contributed by atoms with E-state index >= 15 is 0 Å². The Morgan fingerprint density at radius 3 is 2.28 bits per heavy atom. The van der Waals surface area contributed by atoms with E-state index in [1.807, 2.05) is 0 Å². The molecule has 0 radical (unpaired) electrons. The van der Waals surface area contributed by atoms with E-state index in [0.29, 0.717) is 12.5 Å². The minimum Gasteiger partial charge on any atom is -0.301 e. The first kappa shape index (κ1) is 15.2. The van der Waals surface area contributed by atoms with Gasteiger partial charge in [0.15, 0.2) is 0 Å². The molecule has 0 saturated carbocycles. The van der Waals surface area contributed by atoms with Gasteiger partial charge in [-0.2, -0.15) is 13.2 Å². The molecule has 0 N–H and O–H groups in total. The van der Waals surface area contributed by atoms with Gasteiger partial charge in [0.25, 0.3) is 0 Å². The van der Waals surface area contributed by atoms with E-state index in [-0.39, 0.29) is 6.04 Å². The molecule has 0 aromatic heterocycles. The number of nitrogens with zero attached hydrogens (tertiary/aromatic N) is 2. The molecule has 0 aromatic carbocycles. The molecule has 1 heterocycles. The lowest BCUT2D eigenvalue weighted by molar-refractivity contribution is -0.0801. The first-order valence-electron chi connectivity index (χ1n) is 6.29. The second-order valence-corrected chi connectivity index (χ2v) is 4.45. The molecule has 0 aliphatic carbocycles. The lowest BCUT2D eigenvalue weighted by Crippen LogP contribution is -2.49. The Kier molecular flexibility index (Phi) is 5.88. The molecule has 1 atom stereocenters. The fraction of sp³-hybridized carbons (Fsp3) is 0.692. The molecule has 1 unspecified atom stereocenters. The summed E-state index contributed by atoms with van der Waals surface area (Å²) < 4.78 is 36.0. The maximum atomic E-state index is 12.0. The topological polar surface area (TPSA) is 6.48 Å². The van der Waals surface area contributed by atoms with E-state index in [1.54, 1.807) is 6.08 Å². The van der Waals surface area contributed by atoms with Crippen molar-refractivity contribution in [2.24, 2.45) is 0 Å². The monoisotopic (exact) mass is 262 g/mol. The number of hydrogen-bond acceptors (Lipinski definition) is 2. The third kappa shape index (κ3) is 5.23. The summed E-state index contributed by atoms with van der Waals surface area (Å²) in [7, 11) is 0. The molecule has 2 nitrogen and oxygen atoms in total. The van der Waals surface area contributed by atoms with Gasteiger partial charge in [-0.25, -0.2) is 0 Å². The van der Waals surface area contributed by atoms with Gasteiger partial charge in [-0.15, -0.1) is 6.58 Å². The highest BCUT2D eigenvalue weighted by molar-refractivity contribution is 4.98. The zero-order valence-electron chi connectivity index (χ0n) is 10.8. The van der Waals surface area contributed by atoms with Gasteiger partial charge in [0.2, 0.25) is 0 Å². The van der Waals surface area contributed by atoms with E-state index in [4.69, 9.17) is 0 Å². The molecule has 1 saturated heterocycles. The number of halogens is 3. The standard InChI is InChI=1S/C13H21F3N2/c1-3-12(6-5-7-13(14,15)16)18-10-8-17(4-2)9-11-18/h3,5,7,12H,1,4,6,8-11H2,2H3/b7-5+. The smallest absolute Gasteiger partial charge is 0.301 e. The zero-order chi connectivity index (χ0) is 13.6. The van der Waals surface area contributed by atoms with Crippen LogP contribution in [0.3, 0.4) is 0 Å². The quantitative estimate of drug-likeness (QED) is 0.703. The van der Waals surface area contributed by atoms with Crippen molar-refractivity contribution in [1.29, 1.82) is 0 Å². The van der Waals surface area contributed by atoms with Crippen molar-refractivity contribution in [2.75, 3.05) is 32.7 Å². The van der Waals surface area contributed by atoms with E-state index < -0.39 is 6.18 Å². The predicted octanol–water partition coefficient (Wildman–Crippen LogP) is 2.69. The molecule has 0 aromatic rings. The van der Waals surface area contributed by atoms with Crippen LogP contribution in [-0.4, -0.2) is 54.7 Å². The largest absolute Gasteiger partial charge is 0.409 e. The van der Waals surface area contributed by atoms with E-state index in [2.05, 4.69) is 23.3 Å². The van der Waals surface area contributed by atoms with Gasteiger partial charge in [-0.3, -0.25) is 4.90 Å². The third-order valence-electron chi connectivity index (χ3n) is 3.28. The van der Waals surface area contributed by atoms with Crippen LogP contribution in [0.25, 0.3) is 0 Å². The minimum absolute atomic E-state index is 0.00241.